The Morgan fingerprint density at radius 3 is 2.80 bits per heavy atom. The van der Waals surface area contributed by atoms with Crippen LogP contribution in [0.3, 0.4) is 0 Å². The van der Waals surface area contributed by atoms with Crippen molar-refractivity contribution in [3.8, 4) is 22.1 Å². The maximum Gasteiger partial charge on any atom is 0.341 e. The number of nitrogens with zero attached hydrogens (tertiary/aromatic N) is 1. The Kier molecular flexibility index (Phi) is 5.82. The van der Waals surface area contributed by atoms with E-state index >= 15 is 0 Å². The summed E-state index contributed by atoms with van der Waals surface area (Å²) in [5.41, 5.74) is 1.41. The molecule has 0 aliphatic heterocycles. The van der Waals surface area contributed by atoms with Gasteiger partial charge in [-0.2, -0.15) is 0 Å². The quantitative estimate of drug-likeness (QED) is 0.386. The number of amides is 1. The largest absolute Gasteiger partial charge is 0.464 e. The van der Waals surface area contributed by atoms with Gasteiger partial charge in [0.1, 0.15) is 22.1 Å². The molecule has 0 unspecified atom stereocenters. The molecule has 0 spiro atoms. The average Bonchev–Trinajstić information content (AvgIpc) is 3.50. The summed E-state index contributed by atoms with van der Waals surface area (Å²) in [5, 5.41) is 6.91. The Morgan fingerprint density at radius 1 is 1.23 bits per heavy atom. The Hall–Kier alpha value is -3.17. The van der Waals surface area contributed by atoms with Gasteiger partial charge in [0.2, 0.25) is 11.8 Å². The third kappa shape index (κ3) is 4.07. The fourth-order valence-electron chi connectivity index (χ4n) is 2.89. The SMILES string of the molecule is CCOC(=O)c1c(-c2ccco2)csc1NC(=O)Cc1nc(-c2cccs2)oc1C. The first-order valence-corrected chi connectivity index (χ1v) is 10.9. The first-order valence-electron chi connectivity index (χ1n) is 9.19. The predicted molar refractivity (Wildman–Crippen MR) is 115 cm³/mol. The number of esters is 1. The molecule has 0 aromatic carbocycles. The van der Waals surface area contributed by atoms with Gasteiger partial charge in [-0.05, 0) is 37.4 Å². The molecule has 0 radical (unpaired) electrons. The molecule has 0 aliphatic rings. The van der Waals surface area contributed by atoms with Crippen molar-refractivity contribution in [2.75, 3.05) is 11.9 Å². The fraction of sp³-hybridized carbons (Fsp3) is 0.190. The highest BCUT2D eigenvalue weighted by Crippen LogP contribution is 2.36. The van der Waals surface area contributed by atoms with Gasteiger partial charge in [0.15, 0.2) is 0 Å². The van der Waals surface area contributed by atoms with Crippen molar-refractivity contribution in [1.29, 1.82) is 0 Å². The lowest BCUT2D eigenvalue weighted by Gasteiger charge is -2.07. The molecule has 4 aromatic heterocycles. The van der Waals surface area contributed by atoms with E-state index in [-0.39, 0.29) is 24.5 Å². The van der Waals surface area contributed by atoms with Gasteiger partial charge in [-0.15, -0.1) is 22.7 Å². The maximum absolute atomic E-state index is 12.7. The van der Waals surface area contributed by atoms with E-state index in [1.165, 1.54) is 28.9 Å². The van der Waals surface area contributed by atoms with Crippen LogP contribution in [-0.2, 0) is 16.0 Å². The van der Waals surface area contributed by atoms with Gasteiger partial charge in [0, 0.05) is 10.9 Å². The molecular weight excluding hydrogens is 424 g/mol. The highest BCUT2D eigenvalue weighted by Gasteiger charge is 2.25. The zero-order valence-corrected chi connectivity index (χ0v) is 17.9. The smallest absolute Gasteiger partial charge is 0.341 e. The van der Waals surface area contributed by atoms with E-state index in [2.05, 4.69) is 10.3 Å². The van der Waals surface area contributed by atoms with Crippen LogP contribution >= 0.6 is 22.7 Å². The lowest BCUT2D eigenvalue weighted by Crippen LogP contribution is -2.17. The zero-order chi connectivity index (χ0) is 21.1. The number of rotatable bonds is 7. The van der Waals surface area contributed by atoms with Crippen LogP contribution in [-0.4, -0.2) is 23.5 Å². The number of carbonyl (C=O) groups is 2. The summed E-state index contributed by atoms with van der Waals surface area (Å²) in [6, 6.07) is 7.31. The normalized spacial score (nSPS) is 10.9. The molecule has 0 fully saturated rings. The van der Waals surface area contributed by atoms with Crippen LogP contribution in [0.25, 0.3) is 22.1 Å². The number of aryl methyl sites for hydroxylation is 1. The van der Waals surface area contributed by atoms with Gasteiger partial charge in [0.05, 0.1) is 29.9 Å². The molecule has 7 nitrogen and oxygen atoms in total. The number of furan rings is 1. The third-order valence-electron chi connectivity index (χ3n) is 4.26. The van der Waals surface area contributed by atoms with Crippen molar-refractivity contribution in [3.63, 3.8) is 0 Å². The number of thiophene rings is 2. The number of anilines is 1. The summed E-state index contributed by atoms with van der Waals surface area (Å²) in [6.45, 7) is 3.73. The van der Waals surface area contributed by atoms with Crippen molar-refractivity contribution >= 4 is 39.6 Å². The molecular formula is C21H18N2O5S2. The molecule has 0 bridgehead atoms. The van der Waals surface area contributed by atoms with Crippen LogP contribution in [0.2, 0.25) is 0 Å². The molecule has 154 valence electrons. The van der Waals surface area contributed by atoms with Crippen LogP contribution in [0.4, 0.5) is 5.00 Å². The van der Waals surface area contributed by atoms with E-state index in [0.717, 1.165) is 4.88 Å². The molecule has 0 saturated carbocycles. The Morgan fingerprint density at radius 2 is 2.10 bits per heavy atom. The Balaban J connectivity index is 1.56. The predicted octanol–water partition coefficient (Wildman–Crippen LogP) is 5.39. The monoisotopic (exact) mass is 442 g/mol. The summed E-state index contributed by atoms with van der Waals surface area (Å²) >= 11 is 2.76. The number of hydrogen-bond acceptors (Lipinski definition) is 8. The molecule has 1 amide bonds. The van der Waals surface area contributed by atoms with E-state index < -0.39 is 5.97 Å². The van der Waals surface area contributed by atoms with E-state index in [4.69, 9.17) is 13.6 Å². The highest BCUT2D eigenvalue weighted by molar-refractivity contribution is 7.15. The van der Waals surface area contributed by atoms with Gasteiger partial charge >= 0.3 is 5.97 Å². The molecule has 4 aromatic rings. The van der Waals surface area contributed by atoms with Gasteiger partial charge in [0.25, 0.3) is 0 Å². The molecule has 0 saturated heterocycles. The minimum atomic E-state index is -0.516. The fourth-order valence-corrected chi connectivity index (χ4v) is 4.49. The number of nitrogens with one attached hydrogen (secondary N) is 1. The van der Waals surface area contributed by atoms with Crippen LogP contribution in [0.5, 0.6) is 0 Å². The molecule has 30 heavy (non-hydrogen) atoms. The molecule has 0 aliphatic carbocycles. The van der Waals surface area contributed by atoms with Crippen molar-refractivity contribution < 1.29 is 23.2 Å². The number of oxazole rings is 1. The zero-order valence-electron chi connectivity index (χ0n) is 16.3. The maximum atomic E-state index is 12.7. The Labute approximate surface area is 180 Å². The first-order chi connectivity index (χ1) is 14.6. The average molecular weight is 443 g/mol. The van der Waals surface area contributed by atoms with Gasteiger partial charge in [-0.3, -0.25) is 4.79 Å². The standard InChI is InChI=1S/C21H18N2O5S2/c1-3-26-21(25)18-13(15-6-4-8-27-15)11-30-20(18)23-17(24)10-14-12(2)28-19(22-14)16-7-5-9-29-16/h4-9,11H,3,10H2,1-2H3,(H,23,24). The number of carbonyl (C=O) groups excluding carboxylic acids is 2. The lowest BCUT2D eigenvalue weighted by atomic mass is 10.1. The van der Waals surface area contributed by atoms with Gasteiger partial charge in [-0.25, -0.2) is 9.78 Å². The van der Waals surface area contributed by atoms with Crippen LogP contribution < -0.4 is 5.32 Å². The number of ether oxygens (including phenoxy) is 1. The Bertz CT molecular complexity index is 1160. The number of aromatic nitrogens is 1. The summed E-state index contributed by atoms with van der Waals surface area (Å²) in [7, 11) is 0. The topological polar surface area (TPSA) is 94.6 Å². The molecule has 1 N–H and O–H groups in total. The van der Waals surface area contributed by atoms with E-state index in [9.17, 15) is 9.59 Å². The van der Waals surface area contributed by atoms with Crippen molar-refractivity contribution in [3.05, 3.63) is 58.3 Å². The van der Waals surface area contributed by atoms with Crippen molar-refractivity contribution in [2.24, 2.45) is 0 Å². The van der Waals surface area contributed by atoms with E-state index in [0.29, 0.717) is 33.7 Å². The highest BCUT2D eigenvalue weighted by atomic mass is 32.1. The van der Waals surface area contributed by atoms with Crippen LogP contribution in [0.1, 0.15) is 28.7 Å². The first kappa shape index (κ1) is 20.1. The molecule has 4 rings (SSSR count). The lowest BCUT2D eigenvalue weighted by molar-refractivity contribution is -0.115. The molecule has 4 heterocycles. The number of hydrogen-bond donors (Lipinski definition) is 1. The van der Waals surface area contributed by atoms with Crippen molar-refractivity contribution in [2.45, 2.75) is 20.3 Å². The second-order valence-corrected chi connectivity index (χ2v) is 8.10. The minimum absolute atomic E-state index is 0.0248. The van der Waals surface area contributed by atoms with E-state index in [1.807, 2.05) is 17.5 Å². The van der Waals surface area contributed by atoms with Crippen LogP contribution in [0.15, 0.2) is 50.1 Å². The molecule has 0 atom stereocenters. The summed E-state index contributed by atoms with van der Waals surface area (Å²) in [6.07, 6.45) is 1.55. The summed E-state index contributed by atoms with van der Waals surface area (Å²) in [5.74, 6) is 0.790. The van der Waals surface area contributed by atoms with Gasteiger partial charge < -0.3 is 18.9 Å². The minimum Gasteiger partial charge on any atom is -0.464 e. The summed E-state index contributed by atoms with van der Waals surface area (Å²) in [4.78, 5) is 30.6. The third-order valence-corrected chi connectivity index (χ3v) is 6.02. The second kappa shape index (κ2) is 8.68. The van der Waals surface area contributed by atoms with E-state index in [1.54, 1.807) is 31.4 Å². The van der Waals surface area contributed by atoms with Gasteiger partial charge in [-0.1, -0.05) is 6.07 Å². The van der Waals surface area contributed by atoms with Crippen LogP contribution in [0, 0.1) is 6.92 Å². The second-order valence-electron chi connectivity index (χ2n) is 6.28. The van der Waals surface area contributed by atoms with Crippen molar-refractivity contribution in [1.82, 2.24) is 4.98 Å². The molecule has 9 heteroatoms. The summed E-state index contributed by atoms with van der Waals surface area (Å²) < 4.78 is 16.3.